The molecule has 0 heterocycles. The molecule has 0 atom stereocenters. The lowest BCUT2D eigenvalue weighted by molar-refractivity contribution is -0.385. The SMILES string of the molecule is O=C(SCc1cccc(F)c1)c1cc(Oc2ccc(C(F)(F)F)cc2Cl)ccc1[N+](=O)[O-]. The zero-order valence-electron chi connectivity index (χ0n) is 15.9. The van der Waals surface area contributed by atoms with Crippen LogP contribution in [-0.4, -0.2) is 10.0 Å². The molecule has 0 spiro atoms. The Kier molecular flexibility index (Phi) is 7.05. The van der Waals surface area contributed by atoms with Crippen molar-refractivity contribution in [3.63, 3.8) is 0 Å². The Morgan fingerprint density at radius 2 is 1.84 bits per heavy atom. The van der Waals surface area contributed by atoms with Gasteiger partial charge in [0.25, 0.3) is 5.69 Å². The van der Waals surface area contributed by atoms with Gasteiger partial charge >= 0.3 is 6.18 Å². The standard InChI is InChI=1S/C21H12ClF4NO4S/c22-17-9-13(21(24,25)26)4-7-19(17)31-15-5-6-18(27(29)30)16(10-15)20(28)32-11-12-2-1-3-14(23)8-12/h1-10H,11H2. The third-order valence-electron chi connectivity index (χ3n) is 4.13. The van der Waals surface area contributed by atoms with E-state index in [4.69, 9.17) is 16.3 Å². The number of hydrogen-bond donors (Lipinski definition) is 0. The van der Waals surface area contributed by atoms with Gasteiger partial charge in [0.1, 0.15) is 22.9 Å². The minimum absolute atomic E-state index is 0.0352. The van der Waals surface area contributed by atoms with E-state index in [0.29, 0.717) is 11.6 Å². The normalized spacial score (nSPS) is 11.3. The van der Waals surface area contributed by atoms with Gasteiger partial charge in [-0.1, -0.05) is 35.5 Å². The van der Waals surface area contributed by atoms with E-state index in [2.05, 4.69) is 0 Å². The number of nitro benzene ring substituents is 1. The molecule has 0 saturated heterocycles. The molecule has 0 amide bonds. The van der Waals surface area contributed by atoms with Crippen LogP contribution in [0.3, 0.4) is 0 Å². The predicted molar refractivity (Wildman–Crippen MR) is 112 cm³/mol. The van der Waals surface area contributed by atoms with Crippen molar-refractivity contribution in [1.29, 1.82) is 0 Å². The molecule has 3 rings (SSSR count). The second-order valence-corrected chi connectivity index (χ2v) is 7.74. The molecule has 0 aromatic heterocycles. The van der Waals surface area contributed by atoms with Crippen LogP contribution in [0.2, 0.25) is 5.02 Å². The molecule has 0 radical (unpaired) electrons. The monoisotopic (exact) mass is 485 g/mol. The number of ether oxygens (including phenoxy) is 1. The Labute approximate surface area is 188 Å². The smallest absolute Gasteiger partial charge is 0.416 e. The molecule has 0 aliphatic carbocycles. The molecule has 3 aromatic rings. The Bertz CT molecular complexity index is 1190. The molecular weight excluding hydrogens is 474 g/mol. The lowest BCUT2D eigenvalue weighted by atomic mass is 10.2. The minimum Gasteiger partial charge on any atom is -0.456 e. The maximum absolute atomic E-state index is 13.3. The second-order valence-electron chi connectivity index (χ2n) is 6.39. The number of nitrogens with zero attached hydrogens (tertiary/aromatic N) is 1. The zero-order chi connectivity index (χ0) is 23.5. The van der Waals surface area contributed by atoms with Gasteiger partial charge < -0.3 is 4.74 Å². The summed E-state index contributed by atoms with van der Waals surface area (Å²) < 4.78 is 57.1. The first-order valence-electron chi connectivity index (χ1n) is 8.79. The summed E-state index contributed by atoms with van der Waals surface area (Å²) in [6.45, 7) is 0. The number of rotatable bonds is 6. The van der Waals surface area contributed by atoms with Crippen molar-refractivity contribution in [3.05, 3.63) is 98.3 Å². The molecule has 0 N–H and O–H groups in total. The molecule has 11 heteroatoms. The van der Waals surface area contributed by atoms with Crippen molar-refractivity contribution in [2.75, 3.05) is 0 Å². The van der Waals surface area contributed by atoms with Crippen molar-refractivity contribution in [2.24, 2.45) is 0 Å². The van der Waals surface area contributed by atoms with Gasteiger partial charge in [0.05, 0.1) is 15.5 Å². The van der Waals surface area contributed by atoms with Crippen LogP contribution >= 0.6 is 23.4 Å². The molecule has 0 saturated carbocycles. The lowest BCUT2D eigenvalue weighted by Gasteiger charge is -2.12. The van der Waals surface area contributed by atoms with E-state index in [1.165, 1.54) is 24.3 Å². The van der Waals surface area contributed by atoms with Gasteiger partial charge in [0.2, 0.25) is 5.12 Å². The molecular formula is C21H12ClF4NO4S. The zero-order valence-corrected chi connectivity index (χ0v) is 17.4. The second kappa shape index (κ2) is 9.58. The van der Waals surface area contributed by atoms with Crippen LogP contribution in [0.5, 0.6) is 11.5 Å². The van der Waals surface area contributed by atoms with Crippen molar-refractivity contribution in [2.45, 2.75) is 11.9 Å². The average molecular weight is 486 g/mol. The summed E-state index contributed by atoms with van der Waals surface area (Å²) in [5.41, 5.74) is -1.22. The summed E-state index contributed by atoms with van der Waals surface area (Å²) in [6, 6.07) is 11.4. The van der Waals surface area contributed by atoms with Gasteiger partial charge in [-0.05, 0) is 48.0 Å². The first kappa shape index (κ1) is 23.6. The number of hydrogen-bond acceptors (Lipinski definition) is 5. The first-order valence-corrected chi connectivity index (χ1v) is 10.2. The number of carbonyl (C=O) groups is 1. The van der Waals surface area contributed by atoms with Crippen LogP contribution in [0, 0.1) is 15.9 Å². The molecule has 0 bridgehead atoms. The third kappa shape index (κ3) is 5.77. The summed E-state index contributed by atoms with van der Waals surface area (Å²) in [6.07, 6.45) is -4.59. The van der Waals surface area contributed by atoms with Crippen LogP contribution < -0.4 is 4.74 Å². The molecule has 0 aliphatic heterocycles. The number of carbonyl (C=O) groups excluding carboxylic acids is 1. The van der Waals surface area contributed by atoms with Crippen molar-refractivity contribution < 1.29 is 32.0 Å². The Balaban J connectivity index is 1.84. The van der Waals surface area contributed by atoms with E-state index >= 15 is 0 Å². The van der Waals surface area contributed by atoms with Crippen LogP contribution in [0.15, 0.2) is 60.7 Å². The molecule has 0 fully saturated rings. The number of thioether (sulfide) groups is 1. The molecule has 3 aromatic carbocycles. The third-order valence-corrected chi connectivity index (χ3v) is 5.39. The van der Waals surface area contributed by atoms with Crippen LogP contribution in [0.25, 0.3) is 0 Å². The lowest BCUT2D eigenvalue weighted by Crippen LogP contribution is -2.04. The summed E-state index contributed by atoms with van der Waals surface area (Å²) in [5, 5.41) is 10.3. The largest absolute Gasteiger partial charge is 0.456 e. The highest BCUT2D eigenvalue weighted by Crippen LogP contribution is 2.37. The molecule has 0 aliphatic rings. The summed E-state index contributed by atoms with van der Waals surface area (Å²) in [4.78, 5) is 23.2. The fourth-order valence-electron chi connectivity index (χ4n) is 2.64. The topological polar surface area (TPSA) is 69.4 Å². The molecule has 5 nitrogen and oxygen atoms in total. The van der Waals surface area contributed by atoms with Crippen LogP contribution in [-0.2, 0) is 11.9 Å². The summed E-state index contributed by atoms with van der Waals surface area (Å²) in [7, 11) is 0. The van der Waals surface area contributed by atoms with Crippen molar-refractivity contribution >= 4 is 34.2 Å². The van der Waals surface area contributed by atoms with E-state index in [-0.39, 0.29) is 27.8 Å². The highest BCUT2D eigenvalue weighted by molar-refractivity contribution is 8.13. The van der Waals surface area contributed by atoms with Gasteiger partial charge in [0.15, 0.2) is 0 Å². The van der Waals surface area contributed by atoms with Gasteiger partial charge in [-0.15, -0.1) is 0 Å². The number of benzene rings is 3. The average Bonchev–Trinajstić information content (AvgIpc) is 2.72. The van der Waals surface area contributed by atoms with Gasteiger partial charge in [-0.25, -0.2) is 4.39 Å². The van der Waals surface area contributed by atoms with E-state index < -0.39 is 33.3 Å². The van der Waals surface area contributed by atoms with Crippen molar-refractivity contribution in [3.8, 4) is 11.5 Å². The minimum atomic E-state index is -4.59. The summed E-state index contributed by atoms with van der Waals surface area (Å²) >= 11 is 6.59. The van der Waals surface area contributed by atoms with E-state index in [0.717, 1.165) is 36.0 Å². The number of nitro groups is 1. The van der Waals surface area contributed by atoms with Crippen molar-refractivity contribution in [1.82, 2.24) is 0 Å². The van der Waals surface area contributed by atoms with Crippen LogP contribution in [0.1, 0.15) is 21.5 Å². The summed E-state index contributed by atoms with van der Waals surface area (Å²) in [5.74, 6) is -0.569. The highest BCUT2D eigenvalue weighted by atomic mass is 35.5. The number of alkyl halides is 3. The highest BCUT2D eigenvalue weighted by Gasteiger charge is 2.31. The van der Waals surface area contributed by atoms with Crippen LogP contribution in [0.4, 0.5) is 23.2 Å². The first-order chi connectivity index (χ1) is 15.0. The molecule has 32 heavy (non-hydrogen) atoms. The Morgan fingerprint density at radius 1 is 1.09 bits per heavy atom. The molecule has 166 valence electrons. The van der Waals surface area contributed by atoms with Gasteiger partial charge in [-0.3, -0.25) is 14.9 Å². The van der Waals surface area contributed by atoms with E-state index in [1.54, 1.807) is 6.07 Å². The van der Waals surface area contributed by atoms with Gasteiger partial charge in [0, 0.05) is 11.8 Å². The maximum atomic E-state index is 13.3. The maximum Gasteiger partial charge on any atom is 0.416 e. The fraction of sp³-hybridized carbons (Fsp3) is 0.0952. The number of halogens is 5. The quantitative estimate of drug-likeness (QED) is 0.208. The van der Waals surface area contributed by atoms with E-state index in [9.17, 15) is 32.5 Å². The van der Waals surface area contributed by atoms with Gasteiger partial charge in [-0.2, -0.15) is 13.2 Å². The predicted octanol–water partition coefficient (Wildman–Crippen LogP) is 7.27. The molecule has 0 unspecified atom stereocenters. The Hall–Kier alpha value is -3.11. The fourth-order valence-corrected chi connectivity index (χ4v) is 3.66. The van der Waals surface area contributed by atoms with E-state index in [1.807, 2.05) is 0 Å². The Morgan fingerprint density at radius 3 is 2.47 bits per heavy atom.